The van der Waals surface area contributed by atoms with Gasteiger partial charge < -0.3 is 25.0 Å². The van der Waals surface area contributed by atoms with Gasteiger partial charge in [-0.3, -0.25) is 4.79 Å². The molecule has 0 radical (unpaired) electrons. The van der Waals surface area contributed by atoms with Gasteiger partial charge in [0.15, 0.2) is 11.6 Å². The van der Waals surface area contributed by atoms with Crippen LogP contribution < -0.4 is 20.8 Å². The second-order valence-corrected chi connectivity index (χ2v) is 8.60. The Bertz CT molecular complexity index is 1080. The number of hydrogen-bond acceptors (Lipinski definition) is 5. The number of rotatable bonds is 2. The van der Waals surface area contributed by atoms with Crippen LogP contribution in [0.5, 0.6) is 5.75 Å². The van der Waals surface area contributed by atoms with Crippen molar-refractivity contribution in [3.8, 4) is 5.75 Å². The molecule has 1 saturated carbocycles. The van der Waals surface area contributed by atoms with Crippen molar-refractivity contribution in [2.45, 2.75) is 38.3 Å². The Balaban J connectivity index is 1.71. The molecule has 2 aromatic rings. The molecule has 3 heterocycles. The number of aromatic carboxylic acids is 1. The number of hydrogen-bond donors (Lipinski definition) is 2. The lowest BCUT2D eigenvalue weighted by Crippen LogP contribution is -2.38. The van der Waals surface area contributed by atoms with Crippen molar-refractivity contribution in [1.82, 2.24) is 4.57 Å². The van der Waals surface area contributed by atoms with Crippen LogP contribution in [-0.2, 0) is 0 Å². The number of halogens is 1. The number of carbonyl (C=O) groups is 1. The Morgan fingerprint density at radius 2 is 2.14 bits per heavy atom. The Morgan fingerprint density at radius 3 is 2.86 bits per heavy atom. The van der Waals surface area contributed by atoms with Crippen LogP contribution in [-0.4, -0.2) is 41.4 Å². The van der Waals surface area contributed by atoms with Gasteiger partial charge in [0.25, 0.3) is 0 Å². The molecule has 154 valence electrons. The average molecular weight is 401 g/mol. The molecule has 7 nitrogen and oxygen atoms in total. The lowest BCUT2D eigenvalue weighted by Gasteiger charge is -2.31. The normalized spacial score (nSPS) is 28.3. The van der Waals surface area contributed by atoms with E-state index in [0.717, 1.165) is 19.3 Å². The van der Waals surface area contributed by atoms with Gasteiger partial charge in [0.05, 0.1) is 16.9 Å². The zero-order valence-corrected chi connectivity index (χ0v) is 16.2. The number of aromatic nitrogens is 1. The number of nitrogens with zero attached hydrogens (tertiary/aromatic N) is 2. The molecule has 3 N–H and O–H groups in total. The molecule has 0 spiro atoms. The van der Waals surface area contributed by atoms with Gasteiger partial charge in [0, 0.05) is 25.3 Å². The summed E-state index contributed by atoms with van der Waals surface area (Å²) < 4.78 is 23.0. The first kappa shape index (κ1) is 18.4. The van der Waals surface area contributed by atoms with Crippen LogP contribution in [0.25, 0.3) is 10.9 Å². The summed E-state index contributed by atoms with van der Waals surface area (Å²) in [6.07, 6.45) is 4.53. The van der Waals surface area contributed by atoms with E-state index in [2.05, 4.69) is 0 Å². The average Bonchev–Trinajstić information content (AvgIpc) is 3.10. The molecule has 0 amide bonds. The van der Waals surface area contributed by atoms with Crippen molar-refractivity contribution in [3.05, 3.63) is 33.9 Å². The minimum atomic E-state index is -1.32. The van der Waals surface area contributed by atoms with Crippen LogP contribution in [0.1, 0.15) is 42.6 Å². The van der Waals surface area contributed by atoms with E-state index >= 15 is 4.39 Å². The molecule has 29 heavy (non-hydrogen) atoms. The van der Waals surface area contributed by atoms with E-state index in [4.69, 9.17) is 10.5 Å². The number of benzene rings is 1. The van der Waals surface area contributed by atoms with Crippen molar-refractivity contribution in [3.63, 3.8) is 0 Å². The molecule has 8 heteroatoms. The number of ether oxygens (including phenoxy) is 1. The Kier molecular flexibility index (Phi) is 4.10. The molecule has 2 aliphatic heterocycles. The number of pyridine rings is 1. The summed E-state index contributed by atoms with van der Waals surface area (Å²) in [5.74, 6) is -0.784. The first-order chi connectivity index (χ1) is 13.9. The zero-order valence-electron chi connectivity index (χ0n) is 16.2. The highest BCUT2D eigenvalue weighted by Crippen LogP contribution is 2.45. The van der Waals surface area contributed by atoms with Crippen molar-refractivity contribution >= 4 is 22.6 Å². The second-order valence-electron chi connectivity index (χ2n) is 8.60. The van der Waals surface area contributed by atoms with Crippen molar-refractivity contribution < 1.29 is 19.0 Å². The maximum atomic E-state index is 15.3. The maximum Gasteiger partial charge on any atom is 0.341 e. The van der Waals surface area contributed by atoms with Gasteiger partial charge in [-0.25, -0.2) is 9.18 Å². The molecule has 1 unspecified atom stereocenters. The standard InChI is InChI=1S/C21H24FN3O4/c1-10-9-29-20-17-12(19(26)14(21(27)28)8-25(10)17)5-15(22)18(20)24-6-11-3-2-4-16(23)13(11)7-24/h5,8,10-11,13,16H,2-4,6-7,9,23H2,1H3,(H,27,28)/t10?,11-,13+,16+/m0/s1. The predicted octanol–water partition coefficient (Wildman–Crippen LogP) is 2.36. The third-order valence-corrected chi connectivity index (χ3v) is 6.84. The molecule has 2 fully saturated rings. The fraction of sp³-hybridized carbons (Fsp3) is 0.524. The monoisotopic (exact) mass is 401 g/mol. The molecule has 0 bridgehead atoms. The second kappa shape index (κ2) is 6.45. The van der Waals surface area contributed by atoms with Gasteiger partial charge in [0.1, 0.15) is 17.9 Å². The Hall–Kier alpha value is -2.61. The summed E-state index contributed by atoms with van der Waals surface area (Å²) in [6.45, 7) is 3.54. The van der Waals surface area contributed by atoms with Gasteiger partial charge in [-0.05, 0) is 37.7 Å². The first-order valence-corrected chi connectivity index (χ1v) is 10.1. The fourth-order valence-corrected chi connectivity index (χ4v) is 5.36. The first-order valence-electron chi connectivity index (χ1n) is 10.1. The van der Waals surface area contributed by atoms with E-state index in [9.17, 15) is 14.7 Å². The minimum absolute atomic E-state index is 0.0426. The number of carboxylic acids is 1. The van der Waals surface area contributed by atoms with E-state index in [1.807, 2.05) is 11.8 Å². The highest BCUT2D eigenvalue weighted by molar-refractivity contribution is 5.97. The fourth-order valence-electron chi connectivity index (χ4n) is 5.36. The van der Waals surface area contributed by atoms with E-state index < -0.39 is 17.2 Å². The van der Waals surface area contributed by atoms with Gasteiger partial charge in [0.2, 0.25) is 5.43 Å². The van der Waals surface area contributed by atoms with Crippen molar-refractivity contribution in [2.24, 2.45) is 17.6 Å². The topological polar surface area (TPSA) is 97.8 Å². The summed E-state index contributed by atoms with van der Waals surface area (Å²) in [5.41, 5.74) is 6.11. The molecule has 1 aromatic carbocycles. The summed E-state index contributed by atoms with van der Waals surface area (Å²) in [4.78, 5) is 26.2. The van der Waals surface area contributed by atoms with E-state index in [1.54, 1.807) is 4.57 Å². The maximum absolute atomic E-state index is 15.3. The van der Waals surface area contributed by atoms with Crippen LogP contribution in [0.2, 0.25) is 0 Å². The zero-order chi connectivity index (χ0) is 20.4. The van der Waals surface area contributed by atoms with E-state index in [1.165, 1.54) is 12.3 Å². The number of fused-ring (bicyclic) bond motifs is 1. The summed E-state index contributed by atoms with van der Waals surface area (Å²) in [7, 11) is 0. The number of carboxylic acid groups (broad SMARTS) is 1. The third-order valence-electron chi connectivity index (χ3n) is 6.84. The summed E-state index contributed by atoms with van der Waals surface area (Å²) in [5, 5.41) is 9.44. The highest BCUT2D eigenvalue weighted by atomic mass is 19.1. The number of nitrogens with two attached hydrogens (primary N) is 1. The Morgan fingerprint density at radius 1 is 1.34 bits per heavy atom. The highest BCUT2D eigenvalue weighted by Gasteiger charge is 2.41. The third kappa shape index (κ3) is 2.65. The molecule has 5 rings (SSSR count). The van der Waals surface area contributed by atoms with E-state index in [-0.39, 0.29) is 29.6 Å². The molecule has 4 atom stereocenters. The van der Waals surface area contributed by atoms with Gasteiger partial charge in [-0.2, -0.15) is 0 Å². The molecule has 1 aliphatic carbocycles. The lowest BCUT2D eigenvalue weighted by molar-refractivity contribution is 0.0694. The van der Waals surface area contributed by atoms with Crippen molar-refractivity contribution in [1.29, 1.82) is 0 Å². The van der Waals surface area contributed by atoms with Gasteiger partial charge in [-0.15, -0.1) is 0 Å². The van der Waals surface area contributed by atoms with Crippen LogP contribution >= 0.6 is 0 Å². The Labute approximate surface area is 166 Å². The quantitative estimate of drug-likeness (QED) is 0.802. The lowest BCUT2D eigenvalue weighted by atomic mass is 9.78. The van der Waals surface area contributed by atoms with E-state index in [0.29, 0.717) is 41.9 Å². The number of anilines is 1. The molecular weight excluding hydrogens is 377 g/mol. The molecular formula is C21H24FN3O4. The molecule has 1 aromatic heterocycles. The predicted molar refractivity (Wildman–Crippen MR) is 106 cm³/mol. The van der Waals surface area contributed by atoms with Crippen molar-refractivity contribution in [2.75, 3.05) is 24.6 Å². The molecule has 1 saturated heterocycles. The van der Waals surface area contributed by atoms with Gasteiger partial charge >= 0.3 is 5.97 Å². The van der Waals surface area contributed by atoms with Crippen LogP contribution in [0.15, 0.2) is 17.1 Å². The van der Waals surface area contributed by atoms with Gasteiger partial charge in [-0.1, -0.05) is 6.42 Å². The minimum Gasteiger partial charge on any atom is -0.487 e. The van der Waals surface area contributed by atoms with Crippen LogP contribution in [0.3, 0.4) is 0 Å². The van der Waals surface area contributed by atoms with Crippen LogP contribution in [0, 0.1) is 17.7 Å². The summed E-state index contributed by atoms with van der Waals surface area (Å²) >= 11 is 0. The largest absolute Gasteiger partial charge is 0.487 e. The summed E-state index contributed by atoms with van der Waals surface area (Å²) in [6, 6.07) is 1.12. The smallest absolute Gasteiger partial charge is 0.341 e. The van der Waals surface area contributed by atoms with Crippen LogP contribution in [0.4, 0.5) is 10.1 Å². The SMILES string of the molecule is CC1COc2c(N3C[C@@H]4CCC[C@@H](N)[C@@H]4C3)c(F)cc3c(=O)c(C(=O)O)cn1c23. The molecule has 3 aliphatic rings.